The lowest BCUT2D eigenvalue weighted by molar-refractivity contribution is 0.600. The summed E-state index contributed by atoms with van der Waals surface area (Å²) in [5.74, 6) is -0.0374. The largest absolute Gasteiger partial charge is 0.280 e. The van der Waals surface area contributed by atoms with Crippen molar-refractivity contribution in [2.75, 3.05) is 4.72 Å². The summed E-state index contributed by atoms with van der Waals surface area (Å²) in [6.45, 7) is 1.89. The van der Waals surface area contributed by atoms with E-state index < -0.39 is 10.0 Å². The van der Waals surface area contributed by atoms with Gasteiger partial charge in [-0.2, -0.15) is 0 Å². The number of sulfonamides is 1. The fraction of sp³-hybridized carbons (Fsp3) is 0.250. The number of benzene rings is 2. The van der Waals surface area contributed by atoms with Gasteiger partial charge in [-0.3, -0.25) is 4.72 Å². The zero-order valence-corrected chi connectivity index (χ0v) is 12.5. The molecule has 0 heterocycles. The van der Waals surface area contributed by atoms with Gasteiger partial charge in [0.1, 0.15) is 5.82 Å². The molecule has 0 aliphatic heterocycles. The number of hydrogen-bond donors (Lipinski definition) is 1. The predicted octanol–water partition coefficient (Wildman–Crippen LogP) is 3.81. The maximum Gasteiger partial charge on any atom is 0.261 e. The number of rotatable bonds is 4. The molecule has 0 spiro atoms. The molecule has 0 atom stereocenters. The zero-order chi connectivity index (χ0) is 15.0. The van der Waals surface area contributed by atoms with E-state index in [1.807, 2.05) is 6.92 Å². The lowest BCUT2D eigenvalue weighted by Gasteiger charge is -2.10. The van der Waals surface area contributed by atoms with Crippen LogP contribution in [0.15, 0.2) is 47.4 Å². The summed E-state index contributed by atoms with van der Waals surface area (Å²) in [6.07, 6.45) is 1.93. The van der Waals surface area contributed by atoms with Gasteiger partial charge in [0.05, 0.1) is 4.90 Å². The highest BCUT2D eigenvalue weighted by Gasteiger charge is 2.27. The number of anilines is 1. The minimum atomic E-state index is -3.64. The molecule has 0 bridgehead atoms. The molecule has 1 aliphatic rings. The third kappa shape index (κ3) is 3.08. The number of aryl methyl sites for hydroxylation is 1. The minimum absolute atomic E-state index is 0.199. The summed E-state index contributed by atoms with van der Waals surface area (Å²) in [5.41, 5.74) is 1.99. The van der Waals surface area contributed by atoms with Crippen LogP contribution in [0.25, 0.3) is 0 Å². The topological polar surface area (TPSA) is 46.2 Å². The molecule has 1 fully saturated rings. The molecular formula is C16H16FNO2S. The van der Waals surface area contributed by atoms with Crippen LogP contribution in [-0.4, -0.2) is 8.42 Å². The quantitative estimate of drug-likeness (QED) is 0.933. The Morgan fingerprint density at radius 3 is 2.38 bits per heavy atom. The molecule has 0 saturated heterocycles. The summed E-state index contributed by atoms with van der Waals surface area (Å²) >= 11 is 0. The van der Waals surface area contributed by atoms with Crippen LogP contribution in [0.4, 0.5) is 10.1 Å². The molecule has 0 unspecified atom stereocenters. The fourth-order valence-electron chi connectivity index (χ4n) is 2.25. The normalized spacial score (nSPS) is 15.0. The Kier molecular flexibility index (Phi) is 3.45. The van der Waals surface area contributed by atoms with Gasteiger partial charge < -0.3 is 0 Å². The summed E-state index contributed by atoms with van der Waals surface area (Å²) in [7, 11) is -3.64. The van der Waals surface area contributed by atoms with E-state index in [9.17, 15) is 12.8 Å². The van der Waals surface area contributed by atoms with Crippen molar-refractivity contribution in [3.63, 3.8) is 0 Å². The third-order valence-electron chi connectivity index (χ3n) is 3.60. The fourth-order valence-corrected chi connectivity index (χ4v) is 3.30. The van der Waals surface area contributed by atoms with Crippen molar-refractivity contribution in [2.45, 2.75) is 30.6 Å². The van der Waals surface area contributed by atoms with Gasteiger partial charge in [-0.15, -0.1) is 0 Å². The van der Waals surface area contributed by atoms with Gasteiger partial charge in [-0.1, -0.05) is 17.7 Å². The first-order valence-electron chi connectivity index (χ1n) is 6.85. The summed E-state index contributed by atoms with van der Waals surface area (Å²) in [6, 6.07) is 11.0. The first-order valence-corrected chi connectivity index (χ1v) is 8.33. The smallest absolute Gasteiger partial charge is 0.261 e. The van der Waals surface area contributed by atoms with Gasteiger partial charge >= 0.3 is 0 Å². The average molecular weight is 305 g/mol. The Bertz CT molecular complexity index is 765. The minimum Gasteiger partial charge on any atom is -0.280 e. The molecule has 1 saturated carbocycles. The summed E-state index contributed by atoms with van der Waals surface area (Å²) in [4.78, 5) is 0.199. The van der Waals surface area contributed by atoms with Crippen molar-refractivity contribution >= 4 is 15.7 Å². The number of hydrogen-bond acceptors (Lipinski definition) is 2. The maximum atomic E-state index is 13.7. The second-order valence-corrected chi connectivity index (χ2v) is 7.11. The van der Waals surface area contributed by atoms with Crippen molar-refractivity contribution in [1.82, 2.24) is 0 Å². The van der Waals surface area contributed by atoms with Crippen molar-refractivity contribution in [2.24, 2.45) is 0 Å². The van der Waals surface area contributed by atoms with Crippen LogP contribution in [-0.2, 0) is 10.0 Å². The van der Waals surface area contributed by atoms with E-state index in [0.29, 0.717) is 11.3 Å². The van der Waals surface area contributed by atoms with Gasteiger partial charge in [-0.05, 0) is 61.6 Å². The molecule has 0 aromatic heterocycles. The molecule has 2 aromatic rings. The molecule has 5 heteroatoms. The van der Waals surface area contributed by atoms with E-state index in [2.05, 4.69) is 4.72 Å². The molecule has 0 amide bonds. The summed E-state index contributed by atoms with van der Waals surface area (Å²) in [5, 5.41) is 0. The van der Waals surface area contributed by atoms with Crippen LogP contribution >= 0.6 is 0 Å². The Hall–Kier alpha value is -1.88. The third-order valence-corrected chi connectivity index (χ3v) is 4.99. The highest BCUT2D eigenvalue weighted by Crippen LogP contribution is 2.42. The van der Waals surface area contributed by atoms with Crippen molar-refractivity contribution in [1.29, 1.82) is 0 Å². The molecule has 1 aliphatic carbocycles. The Balaban J connectivity index is 1.88. The molecule has 2 aromatic carbocycles. The second kappa shape index (κ2) is 5.15. The predicted molar refractivity (Wildman–Crippen MR) is 80.4 cm³/mol. The number of nitrogens with one attached hydrogen (secondary N) is 1. The molecule has 3 nitrogen and oxygen atoms in total. The lowest BCUT2D eigenvalue weighted by atomic mass is 10.1. The van der Waals surface area contributed by atoms with E-state index in [0.717, 1.165) is 18.4 Å². The van der Waals surface area contributed by atoms with Crippen molar-refractivity contribution in [3.05, 3.63) is 59.4 Å². The van der Waals surface area contributed by atoms with Gasteiger partial charge in [0.15, 0.2) is 0 Å². The van der Waals surface area contributed by atoms with Crippen LogP contribution in [0.2, 0.25) is 0 Å². The monoisotopic (exact) mass is 305 g/mol. The molecule has 3 rings (SSSR count). The van der Waals surface area contributed by atoms with Gasteiger partial charge in [0.25, 0.3) is 10.0 Å². The molecular weight excluding hydrogens is 289 g/mol. The maximum absolute atomic E-state index is 13.7. The highest BCUT2D eigenvalue weighted by atomic mass is 32.2. The van der Waals surface area contributed by atoms with Crippen LogP contribution < -0.4 is 4.72 Å². The number of halogens is 1. The highest BCUT2D eigenvalue weighted by molar-refractivity contribution is 7.92. The second-order valence-electron chi connectivity index (χ2n) is 5.43. The van der Waals surface area contributed by atoms with Crippen LogP contribution in [0.3, 0.4) is 0 Å². The van der Waals surface area contributed by atoms with E-state index in [1.165, 1.54) is 12.1 Å². The molecule has 110 valence electrons. The Morgan fingerprint density at radius 1 is 1.10 bits per heavy atom. The van der Waals surface area contributed by atoms with Gasteiger partial charge in [0.2, 0.25) is 0 Å². The van der Waals surface area contributed by atoms with Crippen LogP contribution in [0.5, 0.6) is 0 Å². The van der Waals surface area contributed by atoms with Crippen LogP contribution in [0, 0.1) is 12.7 Å². The van der Waals surface area contributed by atoms with Gasteiger partial charge in [-0.25, -0.2) is 12.8 Å². The van der Waals surface area contributed by atoms with E-state index in [4.69, 9.17) is 0 Å². The van der Waals surface area contributed by atoms with E-state index in [1.54, 1.807) is 30.3 Å². The van der Waals surface area contributed by atoms with Crippen molar-refractivity contribution in [3.8, 4) is 0 Å². The first kappa shape index (κ1) is 14.1. The zero-order valence-electron chi connectivity index (χ0n) is 11.6. The van der Waals surface area contributed by atoms with Crippen molar-refractivity contribution < 1.29 is 12.8 Å². The Morgan fingerprint density at radius 2 is 1.76 bits per heavy atom. The SMILES string of the molecule is Cc1ccc(S(=O)(=O)Nc2ccc(F)c(C3CC3)c2)cc1. The first-order chi connectivity index (χ1) is 9.95. The van der Waals surface area contributed by atoms with Crippen LogP contribution in [0.1, 0.15) is 29.9 Å². The standard InChI is InChI=1S/C16H16FNO2S/c1-11-2-7-14(8-3-11)21(19,20)18-13-6-9-16(17)15(10-13)12-4-5-12/h2-3,6-10,12,18H,4-5H2,1H3. The van der Waals surface area contributed by atoms with E-state index in [-0.39, 0.29) is 16.6 Å². The molecule has 21 heavy (non-hydrogen) atoms. The average Bonchev–Trinajstić information content (AvgIpc) is 3.25. The lowest BCUT2D eigenvalue weighted by Crippen LogP contribution is -2.13. The molecule has 1 N–H and O–H groups in total. The van der Waals surface area contributed by atoms with E-state index >= 15 is 0 Å². The molecule has 0 radical (unpaired) electrons. The Labute approximate surface area is 123 Å². The van der Waals surface area contributed by atoms with Gasteiger partial charge in [0, 0.05) is 5.69 Å². The summed E-state index contributed by atoms with van der Waals surface area (Å²) < 4.78 is 40.8.